The molecule has 0 saturated carbocycles. The van der Waals surface area contributed by atoms with Gasteiger partial charge in [-0.05, 0) is 55.0 Å². The second-order valence-electron chi connectivity index (χ2n) is 9.68. The summed E-state index contributed by atoms with van der Waals surface area (Å²) < 4.78 is 80.8. The highest BCUT2D eigenvalue weighted by molar-refractivity contribution is 8.42. The second-order valence-corrected chi connectivity index (χ2v) is 16.0. The van der Waals surface area contributed by atoms with Crippen LogP contribution in [0.4, 0.5) is 5.69 Å². The molecule has 0 amide bonds. The SMILES string of the molecule is Cc1ccc(S(=O)(=O)N2CC3=C(c4ccccc4)S(O)(O)C(S(=O)(=O)c4ccc(Cl)cc4)=C3c3ccccc32)cc1. The first-order valence-electron chi connectivity index (χ1n) is 12.4. The molecule has 0 aliphatic carbocycles. The van der Waals surface area contributed by atoms with Gasteiger partial charge in [0.15, 0.2) is 4.24 Å². The Morgan fingerprint density at radius 1 is 0.756 bits per heavy atom. The Labute approximate surface area is 245 Å². The van der Waals surface area contributed by atoms with E-state index in [0.717, 1.165) is 5.56 Å². The van der Waals surface area contributed by atoms with Gasteiger partial charge < -0.3 is 0 Å². The van der Waals surface area contributed by atoms with Gasteiger partial charge in [0.1, 0.15) is 0 Å². The van der Waals surface area contributed by atoms with Crippen LogP contribution in [0, 0.1) is 6.92 Å². The largest absolute Gasteiger partial charge is 0.290 e. The van der Waals surface area contributed by atoms with Crippen molar-refractivity contribution in [2.24, 2.45) is 0 Å². The molecule has 4 aromatic rings. The zero-order valence-corrected chi connectivity index (χ0v) is 24.8. The molecule has 6 rings (SSSR count). The van der Waals surface area contributed by atoms with E-state index >= 15 is 0 Å². The van der Waals surface area contributed by atoms with E-state index in [2.05, 4.69) is 0 Å². The summed E-state index contributed by atoms with van der Waals surface area (Å²) >= 11 is 6.01. The lowest BCUT2D eigenvalue weighted by Crippen LogP contribution is -2.36. The zero-order valence-electron chi connectivity index (χ0n) is 21.6. The highest BCUT2D eigenvalue weighted by Gasteiger charge is 2.50. The normalized spacial score (nSPS) is 17.3. The summed E-state index contributed by atoms with van der Waals surface area (Å²) in [6.07, 6.45) is 0. The van der Waals surface area contributed by atoms with Gasteiger partial charge in [0.05, 0.1) is 26.9 Å². The fraction of sp³-hybridized carbons (Fsp3) is 0.0667. The Balaban J connectivity index is 1.68. The van der Waals surface area contributed by atoms with E-state index in [-0.39, 0.29) is 43.6 Å². The minimum absolute atomic E-state index is 0.0146. The molecule has 0 unspecified atom stereocenters. The number of hydrogen-bond donors (Lipinski definition) is 2. The molecule has 41 heavy (non-hydrogen) atoms. The van der Waals surface area contributed by atoms with E-state index in [1.165, 1.54) is 40.7 Å². The van der Waals surface area contributed by atoms with Crippen molar-refractivity contribution in [3.63, 3.8) is 0 Å². The third-order valence-electron chi connectivity index (χ3n) is 7.08. The van der Waals surface area contributed by atoms with E-state index in [0.29, 0.717) is 10.6 Å². The molecule has 0 fully saturated rings. The summed E-state index contributed by atoms with van der Waals surface area (Å²) in [6, 6.07) is 26.8. The number of sulfone groups is 1. The predicted octanol–water partition coefficient (Wildman–Crippen LogP) is 7.18. The van der Waals surface area contributed by atoms with Gasteiger partial charge in [-0.15, -0.1) is 10.6 Å². The average Bonchev–Trinajstić information content (AvgIpc) is 3.20. The summed E-state index contributed by atoms with van der Waals surface area (Å²) in [5, 5.41) is 0.323. The molecule has 0 spiro atoms. The minimum Gasteiger partial charge on any atom is -0.290 e. The standard InChI is InChI=1S/C30H24ClNO6S3/c1-20-11-15-24(16-12-20)41(37,38)32-19-26-28(25-9-5-6-10-27(25)32)30(39(33,34)23-17-13-22(31)14-18-23)40(35,36)29(26)21-7-3-2-4-8-21/h2-18,35-36H,19H2,1H3. The number of para-hydroxylation sites is 1. The van der Waals surface area contributed by atoms with Crippen LogP contribution in [0.25, 0.3) is 10.5 Å². The van der Waals surface area contributed by atoms with Crippen LogP contribution in [0.5, 0.6) is 0 Å². The molecule has 4 aromatic carbocycles. The summed E-state index contributed by atoms with van der Waals surface area (Å²) in [6.45, 7) is 1.55. The number of anilines is 1. The summed E-state index contributed by atoms with van der Waals surface area (Å²) in [5.41, 5.74) is 2.10. The Morgan fingerprint density at radius 3 is 2.00 bits per heavy atom. The molecule has 0 atom stereocenters. The zero-order chi connectivity index (χ0) is 29.2. The topological polar surface area (TPSA) is 112 Å². The van der Waals surface area contributed by atoms with Crippen molar-refractivity contribution in [1.29, 1.82) is 0 Å². The van der Waals surface area contributed by atoms with E-state index in [4.69, 9.17) is 11.6 Å². The Kier molecular flexibility index (Phi) is 6.68. The minimum atomic E-state index is -4.48. The van der Waals surface area contributed by atoms with Crippen LogP contribution in [0.15, 0.2) is 123 Å². The van der Waals surface area contributed by atoms with Gasteiger partial charge in [-0.2, -0.15) is 0 Å². The molecule has 0 radical (unpaired) electrons. The molecule has 0 saturated heterocycles. The van der Waals surface area contributed by atoms with Crippen LogP contribution in [0.3, 0.4) is 0 Å². The van der Waals surface area contributed by atoms with Crippen molar-refractivity contribution in [2.45, 2.75) is 16.7 Å². The van der Waals surface area contributed by atoms with E-state index in [9.17, 15) is 25.9 Å². The van der Waals surface area contributed by atoms with Crippen LogP contribution in [0.1, 0.15) is 16.7 Å². The average molecular weight is 626 g/mol. The Bertz CT molecular complexity index is 1970. The lowest BCUT2D eigenvalue weighted by Gasteiger charge is -2.33. The smallest absolute Gasteiger partial charge is 0.264 e. The number of fused-ring (bicyclic) bond motifs is 3. The van der Waals surface area contributed by atoms with Crippen LogP contribution < -0.4 is 4.31 Å². The van der Waals surface area contributed by atoms with Gasteiger partial charge in [-0.3, -0.25) is 13.4 Å². The van der Waals surface area contributed by atoms with Gasteiger partial charge in [0.2, 0.25) is 9.84 Å². The molecule has 2 N–H and O–H groups in total. The van der Waals surface area contributed by atoms with Crippen LogP contribution in [-0.2, 0) is 19.9 Å². The molecule has 11 heteroatoms. The van der Waals surface area contributed by atoms with Gasteiger partial charge in [0.25, 0.3) is 10.0 Å². The maximum absolute atomic E-state index is 14.2. The van der Waals surface area contributed by atoms with Crippen molar-refractivity contribution in [1.82, 2.24) is 0 Å². The highest BCUT2D eigenvalue weighted by atomic mass is 35.5. The van der Waals surface area contributed by atoms with Crippen molar-refractivity contribution in [3.8, 4) is 0 Å². The summed E-state index contributed by atoms with van der Waals surface area (Å²) in [4.78, 5) is -0.115. The lowest BCUT2D eigenvalue weighted by atomic mass is 9.92. The number of benzene rings is 4. The second kappa shape index (κ2) is 9.87. The first-order chi connectivity index (χ1) is 19.4. The number of halogens is 1. The maximum atomic E-state index is 14.2. The molecular formula is C30H24ClNO6S3. The number of hydrogen-bond acceptors (Lipinski definition) is 6. The van der Waals surface area contributed by atoms with Gasteiger partial charge in [0, 0.05) is 21.7 Å². The number of sulfonamides is 1. The summed E-state index contributed by atoms with van der Waals surface area (Å²) in [5.74, 6) is 0. The third-order valence-corrected chi connectivity index (χ3v) is 13.8. The molecule has 0 bridgehead atoms. The maximum Gasteiger partial charge on any atom is 0.264 e. The van der Waals surface area contributed by atoms with Crippen molar-refractivity contribution in [3.05, 3.63) is 135 Å². The molecule has 2 aliphatic heterocycles. The Morgan fingerprint density at radius 2 is 1.34 bits per heavy atom. The third kappa shape index (κ3) is 4.42. The number of aryl methyl sites for hydroxylation is 1. The van der Waals surface area contributed by atoms with Crippen LogP contribution >= 0.6 is 22.2 Å². The lowest BCUT2D eigenvalue weighted by molar-refractivity contribution is 0.511. The van der Waals surface area contributed by atoms with Crippen molar-refractivity contribution >= 4 is 58.2 Å². The fourth-order valence-corrected chi connectivity index (χ4v) is 11.4. The first-order valence-corrected chi connectivity index (χ1v) is 17.3. The molecule has 2 aliphatic rings. The molecule has 0 aromatic heterocycles. The fourth-order valence-electron chi connectivity index (χ4n) is 5.19. The Hall–Kier alpha value is -3.38. The monoisotopic (exact) mass is 625 g/mol. The predicted molar refractivity (Wildman–Crippen MR) is 164 cm³/mol. The quantitative estimate of drug-likeness (QED) is 0.243. The molecule has 7 nitrogen and oxygen atoms in total. The van der Waals surface area contributed by atoms with Gasteiger partial charge in [-0.25, -0.2) is 16.8 Å². The number of rotatable bonds is 5. The highest BCUT2D eigenvalue weighted by Crippen LogP contribution is 2.71. The van der Waals surface area contributed by atoms with E-state index in [1.54, 1.807) is 66.7 Å². The van der Waals surface area contributed by atoms with Crippen molar-refractivity contribution in [2.75, 3.05) is 10.8 Å². The molecule has 2 heterocycles. The van der Waals surface area contributed by atoms with Crippen molar-refractivity contribution < 1.29 is 25.9 Å². The van der Waals surface area contributed by atoms with E-state index < -0.39 is 34.7 Å². The summed E-state index contributed by atoms with van der Waals surface area (Å²) in [7, 11) is -12.7. The van der Waals surface area contributed by atoms with E-state index in [1.807, 2.05) is 6.92 Å². The molecular weight excluding hydrogens is 602 g/mol. The number of nitrogens with zero attached hydrogens (tertiary/aromatic N) is 1. The van der Waals surface area contributed by atoms with Crippen LogP contribution in [0.2, 0.25) is 5.02 Å². The molecule has 210 valence electrons. The van der Waals surface area contributed by atoms with Gasteiger partial charge >= 0.3 is 0 Å². The first kappa shape index (κ1) is 27.8. The van der Waals surface area contributed by atoms with Gasteiger partial charge in [-0.1, -0.05) is 77.8 Å². The van der Waals surface area contributed by atoms with Crippen LogP contribution in [-0.4, -0.2) is 32.5 Å².